The van der Waals surface area contributed by atoms with Crippen molar-refractivity contribution < 1.29 is 18.9 Å². The van der Waals surface area contributed by atoms with Gasteiger partial charge in [-0.15, -0.1) is 0 Å². The summed E-state index contributed by atoms with van der Waals surface area (Å²) in [6.45, 7) is 1.81. The second-order valence-corrected chi connectivity index (χ2v) is 4.56. The van der Waals surface area contributed by atoms with E-state index in [4.69, 9.17) is 0 Å². The molecule has 0 aromatic carbocycles. The fourth-order valence-electron chi connectivity index (χ4n) is 2.10. The highest BCUT2D eigenvalue weighted by molar-refractivity contribution is 5.90. The van der Waals surface area contributed by atoms with Crippen LogP contribution in [0.3, 0.4) is 0 Å². The van der Waals surface area contributed by atoms with Crippen LogP contribution in [0.4, 0.5) is 5.82 Å². The van der Waals surface area contributed by atoms with Gasteiger partial charge in [0.2, 0.25) is 0 Å². The van der Waals surface area contributed by atoms with Crippen molar-refractivity contribution in [1.82, 2.24) is 5.16 Å². The number of aliphatic hydroxyl groups is 1. The van der Waals surface area contributed by atoms with Crippen LogP contribution >= 0.6 is 0 Å². The molecule has 1 aliphatic heterocycles. The number of nitrogens with zero attached hydrogens (tertiary/aromatic N) is 2. The minimum Gasteiger partial charge on any atom is -0.387 e. The zero-order valence-electron chi connectivity index (χ0n) is 9.22. The van der Waals surface area contributed by atoms with Crippen LogP contribution < -0.4 is 5.32 Å². The van der Waals surface area contributed by atoms with Crippen LogP contribution in [0.5, 0.6) is 0 Å². The van der Waals surface area contributed by atoms with Crippen molar-refractivity contribution in [3.8, 4) is 0 Å². The Hall–Kier alpha value is -1.40. The van der Waals surface area contributed by atoms with Gasteiger partial charge in [0, 0.05) is 12.5 Å². The number of hydrogen-bond donors (Lipinski definition) is 2. The molecular formula is C10H16N3O3+. The first kappa shape index (κ1) is 11.1. The molecule has 2 N–H and O–H groups in total. The van der Waals surface area contributed by atoms with Crippen LogP contribution in [0.25, 0.3) is 0 Å². The molecule has 1 aromatic heterocycles. The summed E-state index contributed by atoms with van der Waals surface area (Å²) in [4.78, 5) is 11.7. The van der Waals surface area contributed by atoms with Gasteiger partial charge in [-0.05, 0) is 0 Å². The minimum atomic E-state index is -0.287. The van der Waals surface area contributed by atoms with Gasteiger partial charge in [-0.1, -0.05) is 5.16 Å². The van der Waals surface area contributed by atoms with Crippen LogP contribution in [0.2, 0.25) is 0 Å². The highest BCUT2D eigenvalue weighted by Gasteiger charge is 2.35. The number of aromatic nitrogens is 1. The normalized spacial score (nSPS) is 29.2. The largest absolute Gasteiger partial charge is 0.387 e. The lowest BCUT2D eigenvalue weighted by molar-refractivity contribution is -0.890. The summed E-state index contributed by atoms with van der Waals surface area (Å²) in [5, 5.41) is 15.7. The summed E-state index contributed by atoms with van der Waals surface area (Å²) in [6, 6.07) is 1.59. The third-order valence-electron chi connectivity index (χ3n) is 2.88. The SMILES string of the molecule is C[N+]1(CC(=O)Nc2ccon2)CC[C@@H](O)C1. The lowest BCUT2D eigenvalue weighted by Gasteiger charge is -2.27. The fourth-order valence-corrected chi connectivity index (χ4v) is 2.10. The molecule has 16 heavy (non-hydrogen) atoms. The second-order valence-electron chi connectivity index (χ2n) is 4.56. The molecule has 1 saturated heterocycles. The van der Waals surface area contributed by atoms with Crippen LogP contribution in [-0.2, 0) is 4.79 Å². The maximum Gasteiger partial charge on any atom is 0.280 e. The summed E-state index contributed by atoms with van der Waals surface area (Å²) in [6.07, 6.45) is 1.88. The zero-order valence-corrected chi connectivity index (χ0v) is 9.22. The van der Waals surface area contributed by atoms with Gasteiger partial charge in [0.1, 0.15) is 18.9 Å². The van der Waals surface area contributed by atoms with Gasteiger partial charge >= 0.3 is 0 Å². The molecule has 0 saturated carbocycles. The molecule has 1 fully saturated rings. The van der Waals surface area contributed by atoms with Crippen LogP contribution in [0, 0.1) is 0 Å². The number of likely N-dealkylation sites (tertiary alicyclic amines) is 1. The Bertz CT molecular complexity index is 365. The predicted molar refractivity (Wildman–Crippen MR) is 56.5 cm³/mol. The first-order chi connectivity index (χ1) is 7.57. The molecule has 0 spiro atoms. The molecule has 0 aliphatic carbocycles. The monoisotopic (exact) mass is 226 g/mol. The van der Waals surface area contributed by atoms with Gasteiger partial charge in [-0.3, -0.25) is 4.79 Å². The number of likely N-dealkylation sites (N-methyl/N-ethyl adjacent to an activating group) is 1. The third kappa shape index (κ3) is 2.59. The van der Waals surface area contributed by atoms with Crippen molar-refractivity contribution >= 4 is 11.7 Å². The van der Waals surface area contributed by atoms with Crippen LogP contribution in [0.15, 0.2) is 16.9 Å². The van der Waals surface area contributed by atoms with Crippen molar-refractivity contribution in [2.45, 2.75) is 12.5 Å². The second kappa shape index (κ2) is 4.23. The van der Waals surface area contributed by atoms with Gasteiger partial charge in [0.25, 0.3) is 5.91 Å². The number of hydrogen-bond acceptors (Lipinski definition) is 4. The highest BCUT2D eigenvalue weighted by atomic mass is 16.5. The van der Waals surface area contributed by atoms with E-state index in [1.165, 1.54) is 6.26 Å². The molecule has 0 radical (unpaired) electrons. The molecule has 1 aromatic rings. The number of amides is 1. The predicted octanol–water partition coefficient (Wildman–Crippen LogP) is -0.176. The van der Waals surface area contributed by atoms with Crippen molar-refractivity contribution in [3.63, 3.8) is 0 Å². The summed E-state index contributed by atoms with van der Waals surface area (Å²) in [7, 11) is 1.97. The van der Waals surface area contributed by atoms with Crippen molar-refractivity contribution in [2.75, 3.05) is 32.0 Å². The topological polar surface area (TPSA) is 75.4 Å². The average Bonchev–Trinajstić information content (AvgIpc) is 2.76. The van der Waals surface area contributed by atoms with Crippen molar-refractivity contribution in [3.05, 3.63) is 12.3 Å². The van der Waals surface area contributed by atoms with Crippen LogP contribution in [0.1, 0.15) is 6.42 Å². The van der Waals surface area contributed by atoms with Gasteiger partial charge in [-0.25, -0.2) is 0 Å². The van der Waals surface area contributed by atoms with Gasteiger partial charge in [0.15, 0.2) is 12.4 Å². The summed E-state index contributed by atoms with van der Waals surface area (Å²) >= 11 is 0. The Balaban J connectivity index is 1.88. The summed E-state index contributed by atoms with van der Waals surface area (Å²) in [5.41, 5.74) is 0. The first-order valence-electron chi connectivity index (χ1n) is 5.29. The number of anilines is 1. The molecule has 88 valence electrons. The maximum absolute atomic E-state index is 11.7. The van der Waals surface area contributed by atoms with E-state index in [2.05, 4.69) is 15.0 Å². The lowest BCUT2D eigenvalue weighted by atomic mass is 10.3. The van der Waals surface area contributed by atoms with E-state index in [-0.39, 0.29) is 12.0 Å². The molecule has 6 heteroatoms. The van der Waals surface area contributed by atoms with E-state index in [9.17, 15) is 9.90 Å². The smallest absolute Gasteiger partial charge is 0.280 e. The maximum atomic E-state index is 11.7. The third-order valence-corrected chi connectivity index (χ3v) is 2.88. The quantitative estimate of drug-likeness (QED) is 0.701. The average molecular weight is 226 g/mol. The lowest BCUT2D eigenvalue weighted by Crippen LogP contribution is -2.47. The minimum absolute atomic E-state index is 0.106. The number of carbonyl (C=O) groups excluding carboxylic acids is 1. The van der Waals surface area contributed by atoms with E-state index in [1.807, 2.05) is 7.05 Å². The highest BCUT2D eigenvalue weighted by Crippen LogP contribution is 2.16. The Morgan fingerprint density at radius 1 is 1.81 bits per heavy atom. The van der Waals surface area contributed by atoms with E-state index >= 15 is 0 Å². The van der Waals surface area contributed by atoms with Crippen LogP contribution in [-0.4, -0.2) is 53.4 Å². The summed E-state index contributed by atoms with van der Waals surface area (Å²) < 4.78 is 5.19. The molecule has 1 unspecified atom stereocenters. The Kier molecular flexibility index (Phi) is 2.93. The molecule has 6 nitrogen and oxygen atoms in total. The van der Waals surface area contributed by atoms with Gasteiger partial charge in [-0.2, -0.15) is 0 Å². The molecule has 2 atom stereocenters. The Morgan fingerprint density at radius 2 is 2.62 bits per heavy atom. The van der Waals surface area contributed by atoms with Gasteiger partial charge < -0.3 is 19.4 Å². The molecule has 0 bridgehead atoms. The standard InChI is InChI=1S/C10H15N3O3/c1-13(4-2-8(14)6-13)7-10(15)11-9-3-5-16-12-9/h3,5,8,14H,2,4,6-7H2,1H3/p+1/t8-,13?/m1/s1. The summed E-state index contributed by atoms with van der Waals surface area (Å²) in [5.74, 6) is 0.321. The molecule has 1 amide bonds. The number of aliphatic hydroxyl groups excluding tert-OH is 1. The molecule has 1 aliphatic rings. The Labute approximate surface area is 93.4 Å². The van der Waals surface area contributed by atoms with E-state index < -0.39 is 0 Å². The van der Waals surface area contributed by atoms with Crippen molar-refractivity contribution in [2.24, 2.45) is 0 Å². The van der Waals surface area contributed by atoms with E-state index in [1.54, 1.807) is 6.07 Å². The number of rotatable bonds is 3. The number of nitrogens with one attached hydrogen (secondary N) is 1. The fraction of sp³-hybridized carbons (Fsp3) is 0.600. The first-order valence-corrected chi connectivity index (χ1v) is 5.29. The number of quaternary nitrogens is 1. The van der Waals surface area contributed by atoms with E-state index in [0.717, 1.165) is 13.0 Å². The zero-order chi connectivity index (χ0) is 11.6. The van der Waals surface area contributed by atoms with Gasteiger partial charge in [0.05, 0.1) is 13.6 Å². The van der Waals surface area contributed by atoms with E-state index in [0.29, 0.717) is 23.4 Å². The molecule has 2 heterocycles. The molecular weight excluding hydrogens is 210 g/mol. The number of carbonyl (C=O) groups is 1. The van der Waals surface area contributed by atoms with Crippen molar-refractivity contribution in [1.29, 1.82) is 0 Å². The molecule has 2 rings (SSSR count). The Morgan fingerprint density at radius 3 is 3.19 bits per heavy atom.